The predicted molar refractivity (Wildman–Crippen MR) is 112 cm³/mol. The van der Waals surface area contributed by atoms with Gasteiger partial charge in [-0.15, -0.1) is 11.3 Å². The molecule has 0 aliphatic carbocycles. The number of amides is 1. The summed E-state index contributed by atoms with van der Waals surface area (Å²) < 4.78 is 13.7. The highest BCUT2D eigenvalue weighted by Crippen LogP contribution is 2.29. The van der Waals surface area contributed by atoms with Crippen LogP contribution in [0.2, 0.25) is 0 Å². The first-order valence-corrected chi connectivity index (χ1v) is 9.97. The number of carbonyl (C=O) groups is 1. The summed E-state index contributed by atoms with van der Waals surface area (Å²) in [6, 6.07) is 4.55. The van der Waals surface area contributed by atoms with Gasteiger partial charge in [-0.3, -0.25) is 9.78 Å². The molecule has 4 rings (SSSR count). The number of pyridine rings is 2. The zero-order chi connectivity index (χ0) is 20.4. The van der Waals surface area contributed by atoms with Gasteiger partial charge >= 0.3 is 0 Å². The quantitative estimate of drug-likeness (QED) is 0.600. The average molecular weight is 413 g/mol. The zero-order valence-corrected chi connectivity index (χ0v) is 16.3. The van der Waals surface area contributed by atoms with Crippen molar-refractivity contribution in [2.45, 2.75) is 18.6 Å². The van der Waals surface area contributed by atoms with Gasteiger partial charge in [-0.05, 0) is 24.6 Å². The lowest BCUT2D eigenvalue weighted by Crippen LogP contribution is -2.50. The van der Waals surface area contributed by atoms with Crippen LogP contribution in [0, 0.1) is 0 Å². The van der Waals surface area contributed by atoms with Gasteiger partial charge in [0.15, 0.2) is 5.69 Å². The lowest BCUT2D eigenvalue weighted by atomic mass is 10.0. The molecule has 1 aliphatic heterocycles. The maximum Gasteiger partial charge on any atom is 0.276 e. The number of hydrogen-bond donors (Lipinski definition) is 3. The molecule has 1 fully saturated rings. The maximum absolute atomic E-state index is 13.7. The van der Waals surface area contributed by atoms with Crippen molar-refractivity contribution >= 4 is 34.3 Å². The number of aromatic nitrogens is 3. The lowest BCUT2D eigenvalue weighted by Gasteiger charge is -2.35. The van der Waals surface area contributed by atoms with Crippen LogP contribution in [0.3, 0.4) is 0 Å². The van der Waals surface area contributed by atoms with Crippen molar-refractivity contribution in [1.29, 1.82) is 0 Å². The summed E-state index contributed by atoms with van der Waals surface area (Å²) in [6.45, 7) is 0.857. The molecular formula is C19H20FN7OS. The van der Waals surface area contributed by atoms with Crippen molar-refractivity contribution in [2.24, 2.45) is 5.73 Å². The third-order valence-corrected chi connectivity index (χ3v) is 5.55. The van der Waals surface area contributed by atoms with E-state index >= 15 is 0 Å². The summed E-state index contributed by atoms with van der Waals surface area (Å²) in [5.74, 6) is -0.458. The second-order valence-electron chi connectivity index (χ2n) is 6.73. The number of carbonyl (C=O) groups excluding carboxylic acids is 1. The maximum atomic E-state index is 13.7. The van der Waals surface area contributed by atoms with Crippen LogP contribution in [0.25, 0.3) is 10.7 Å². The van der Waals surface area contributed by atoms with E-state index in [1.807, 2.05) is 10.3 Å². The highest BCUT2D eigenvalue weighted by molar-refractivity contribution is 7.13. The second kappa shape index (κ2) is 8.10. The normalized spacial score (nSPS) is 19.2. The van der Waals surface area contributed by atoms with Crippen molar-refractivity contribution in [3.8, 4) is 10.7 Å². The highest BCUT2D eigenvalue weighted by atomic mass is 32.1. The third-order valence-electron chi connectivity index (χ3n) is 4.75. The number of nitrogens with zero attached hydrogens (tertiary/aromatic N) is 4. The molecule has 0 saturated carbocycles. The van der Waals surface area contributed by atoms with Gasteiger partial charge < -0.3 is 21.7 Å². The molecule has 0 bridgehead atoms. The second-order valence-corrected chi connectivity index (χ2v) is 7.63. The van der Waals surface area contributed by atoms with E-state index in [1.165, 1.54) is 11.3 Å². The number of thiazole rings is 1. The van der Waals surface area contributed by atoms with E-state index in [0.29, 0.717) is 35.9 Å². The summed E-state index contributed by atoms with van der Waals surface area (Å²) in [7, 11) is 0. The number of anilines is 3. The fourth-order valence-corrected chi connectivity index (χ4v) is 3.84. The van der Waals surface area contributed by atoms with Crippen molar-refractivity contribution in [3.63, 3.8) is 0 Å². The standard InChI is InChI=1S/C19H20FN7OS/c20-11-4-7-27(10-13(11)22)16-3-5-23-9-15(16)26-18(28)17-12(21)1-2-14(25-17)19-24-6-8-29-19/h1-3,5-6,8-9,11,13H,4,7,10,21-22H2,(H,26,28)/t11-,13-/m1/s1. The van der Waals surface area contributed by atoms with E-state index in [1.54, 1.807) is 36.8 Å². The van der Waals surface area contributed by atoms with Gasteiger partial charge in [-0.25, -0.2) is 14.4 Å². The van der Waals surface area contributed by atoms with Crippen molar-refractivity contribution in [2.75, 3.05) is 29.0 Å². The van der Waals surface area contributed by atoms with Gasteiger partial charge in [-0.2, -0.15) is 0 Å². The van der Waals surface area contributed by atoms with Crippen LogP contribution < -0.4 is 21.7 Å². The molecule has 3 aromatic heterocycles. The molecule has 10 heteroatoms. The average Bonchev–Trinajstić information content (AvgIpc) is 3.26. The molecule has 0 aromatic carbocycles. The van der Waals surface area contributed by atoms with E-state index in [2.05, 4.69) is 20.3 Å². The third kappa shape index (κ3) is 4.03. The molecule has 8 nitrogen and oxygen atoms in total. The van der Waals surface area contributed by atoms with Crippen LogP contribution >= 0.6 is 11.3 Å². The number of nitrogens with two attached hydrogens (primary N) is 2. The summed E-state index contributed by atoms with van der Waals surface area (Å²) in [4.78, 5) is 27.5. The smallest absolute Gasteiger partial charge is 0.276 e. The fraction of sp³-hybridized carbons (Fsp3) is 0.263. The van der Waals surface area contributed by atoms with E-state index in [-0.39, 0.29) is 11.4 Å². The molecule has 1 amide bonds. The summed E-state index contributed by atoms with van der Waals surface area (Å²) in [5.41, 5.74) is 14.0. The van der Waals surface area contributed by atoms with Crippen molar-refractivity contribution < 1.29 is 9.18 Å². The number of rotatable bonds is 4. The van der Waals surface area contributed by atoms with Crippen LogP contribution in [-0.4, -0.2) is 46.2 Å². The van der Waals surface area contributed by atoms with Crippen LogP contribution in [0.5, 0.6) is 0 Å². The minimum absolute atomic E-state index is 0.103. The molecule has 1 aliphatic rings. The van der Waals surface area contributed by atoms with Gasteiger partial charge in [-0.1, -0.05) is 0 Å². The Balaban J connectivity index is 1.59. The van der Waals surface area contributed by atoms with Crippen LogP contribution in [-0.2, 0) is 0 Å². The minimum atomic E-state index is -1.02. The molecule has 2 atom stereocenters. The summed E-state index contributed by atoms with van der Waals surface area (Å²) in [5, 5.41) is 5.36. The number of halogens is 1. The highest BCUT2D eigenvalue weighted by Gasteiger charge is 2.28. The largest absolute Gasteiger partial charge is 0.397 e. The molecule has 150 valence electrons. The first-order chi connectivity index (χ1) is 14.0. The first kappa shape index (κ1) is 19.2. The number of alkyl halides is 1. The minimum Gasteiger partial charge on any atom is -0.397 e. The monoisotopic (exact) mass is 413 g/mol. The fourth-order valence-electron chi connectivity index (χ4n) is 3.23. The van der Waals surface area contributed by atoms with E-state index < -0.39 is 18.1 Å². The molecular weight excluding hydrogens is 393 g/mol. The Labute approximate surface area is 170 Å². The van der Waals surface area contributed by atoms with Crippen molar-refractivity contribution in [1.82, 2.24) is 15.0 Å². The topological polar surface area (TPSA) is 123 Å². The number of nitrogens with one attached hydrogen (secondary N) is 1. The van der Waals surface area contributed by atoms with Crippen molar-refractivity contribution in [3.05, 3.63) is 47.9 Å². The predicted octanol–water partition coefficient (Wildman–Crippen LogP) is 2.31. The van der Waals surface area contributed by atoms with Gasteiger partial charge in [0.25, 0.3) is 5.91 Å². The van der Waals surface area contributed by atoms with Crippen LogP contribution in [0.4, 0.5) is 21.5 Å². The number of piperidine rings is 1. The molecule has 29 heavy (non-hydrogen) atoms. The van der Waals surface area contributed by atoms with Gasteiger partial charge in [0, 0.05) is 30.9 Å². The Morgan fingerprint density at radius 3 is 2.93 bits per heavy atom. The lowest BCUT2D eigenvalue weighted by molar-refractivity contribution is 0.102. The Morgan fingerprint density at radius 2 is 2.17 bits per heavy atom. The van der Waals surface area contributed by atoms with E-state index in [9.17, 15) is 9.18 Å². The van der Waals surface area contributed by atoms with E-state index in [0.717, 1.165) is 5.69 Å². The Morgan fingerprint density at radius 1 is 1.31 bits per heavy atom. The SMILES string of the molecule is Nc1ccc(-c2nccs2)nc1C(=O)Nc1cnccc1N1CC[C@@H](F)[C@H](N)C1. The molecule has 1 saturated heterocycles. The summed E-state index contributed by atoms with van der Waals surface area (Å²) >= 11 is 1.42. The van der Waals surface area contributed by atoms with Gasteiger partial charge in [0.1, 0.15) is 11.2 Å². The first-order valence-electron chi connectivity index (χ1n) is 9.09. The summed E-state index contributed by atoms with van der Waals surface area (Å²) in [6.07, 6.45) is 4.14. The number of hydrogen-bond acceptors (Lipinski definition) is 8. The molecule has 0 radical (unpaired) electrons. The number of nitrogen functional groups attached to an aromatic ring is 1. The molecule has 5 N–H and O–H groups in total. The Hall–Kier alpha value is -3.11. The molecule has 0 spiro atoms. The Bertz CT molecular complexity index is 1010. The van der Waals surface area contributed by atoms with Crippen LogP contribution in [0.1, 0.15) is 16.9 Å². The molecule has 0 unspecified atom stereocenters. The van der Waals surface area contributed by atoms with Crippen LogP contribution in [0.15, 0.2) is 42.2 Å². The van der Waals surface area contributed by atoms with Gasteiger partial charge in [0.05, 0.1) is 35.0 Å². The van der Waals surface area contributed by atoms with E-state index in [4.69, 9.17) is 11.5 Å². The zero-order valence-electron chi connectivity index (χ0n) is 15.5. The Kier molecular flexibility index (Phi) is 5.36. The van der Waals surface area contributed by atoms with Gasteiger partial charge in [0.2, 0.25) is 0 Å². The molecule has 3 aromatic rings. The molecule has 4 heterocycles.